The van der Waals surface area contributed by atoms with E-state index in [2.05, 4.69) is 10.1 Å². The molecule has 0 atom stereocenters. The lowest BCUT2D eigenvalue weighted by molar-refractivity contribution is 0.103. The summed E-state index contributed by atoms with van der Waals surface area (Å²) in [5.74, 6) is 0.595. The number of ketones is 1. The van der Waals surface area contributed by atoms with Crippen LogP contribution in [-0.4, -0.2) is 30.8 Å². The molecule has 31 heavy (non-hydrogen) atoms. The van der Waals surface area contributed by atoms with Crippen LogP contribution in [0.15, 0.2) is 64.7 Å². The molecule has 2 aromatic heterocycles. The minimum absolute atomic E-state index is 0.0444. The number of benzene rings is 2. The van der Waals surface area contributed by atoms with E-state index in [0.717, 1.165) is 5.56 Å². The minimum atomic E-state index is -0.0752. The molecule has 6 nitrogen and oxygen atoms in total. The lowest BCUT2D eigenvalue weighted by atomic mass is 10.0. The molecule has 9 heteroatoms. The van der Waals surface area contributed by atoms with Crippen molar-refractivity contribution in [3.63, 3.8) is 0 Å². The highest BCUT2D eigenvalue weighted by Gasteiger charge is 2.13. The zero-order valence-corrected chi connectivity index (χ0v) is 19.3. The van der Waals surface area contributed by atoms with Crippen molar-refractivity contribution in [3.05, 3.63) is 86.8 Å². The number of aromatic nitrogens is 4. The minimum Gasteiger partial charge on any atom is -0.289 e. The van der Waals surface area contributed by atoms with E-state index in [-0.39, 0.29) is 11.3 Å². The molecule has 4 aromatic rings. The molecule has 0 unspecified atom stereocenters. The van der Waals surface area contributed by atoms with Crippen LogP contribution in [-0.2, 0) is 12.3 Å². The fourth-order valence-corrected chi connectivity index (χ4v) is 4.65. The summed E-state index contributed by atoms with van der Waals surface area (Å²) in [5, 5.41) is 6.22. The van der Waals surface area contributed by atoms with Crippen LogP contribution in [0.4, 0.5) is 0 Å². The second-order valence-electron chi connectivity index (χ2n) is 6.72. The van der Waals surface area contributed by atoms with Crippen molar-refractivity contribution in [1.29, 1.82) is 0 Å². The van der Waals surface area contributed by atoms with Crippen LogP contribution in [0.25, 0.3) is 11.0 Å². The van der Waals surface area contributed by atoms with E-state index in [9.17, 15) is 9.59 Å². The molecule has 0 radical (unpaired) electrons. The van der Waals surface area contributed by atoms with Crippen molar-refractivity contribution in [2.45, 2.75) is 24.4 Å². The van der Waals surface area contributed by atoms with E-state index in [1.54, 1.807) is 39.1 Å². The van der Waals surface area contributed by atoms with Gasteiger partial charge in [-0.3, -0.25) is 14.2 Å². The molecule has 2 heterocycles. The topological polar surface area (TPSA) is 69.8 Å². The first-order valence-electron chi connectivity index (χ1n) is 9.57. The molecule has 0 saturated heterocycles. The second kappa shape index (κ2) is 9.30. The van der Waals surface area contributed by atoms with Gasteiger partial charge in [0.25, 0.3) is 5.56 Å². The third-order valence-corrected chi connectivity index (χ3v) is 6.61. The molecule has 158 valence electrons. The smallest absolute Gasteiger partial charge is 0.265 e. The molecule has 0 aliphatic heterocycles. The van der Waals surface area contributed by atoms with Gasteiger partial charge in [0.2, 0.25) is 0 Å². The number of hydrogen-bond donors (Lipinski definition) is 0. The summed E-state index contributed by atoms with van der Waals surface area (Å²) in [7, 11) is 0. The Morgan fingerprint density at radius 3 is 2.32 bits per heavy atom. The first-order valence-corrected chi connectivity index (χ1v) is 12.1. The Hall–Kier alpha value is -2.55. The van der Waals surface area contributed by atoms with Gasteiger partial charge in [-0.05, 0) is 55.0 Å². The maximum absolute atomic E-state index is 12.7. The zero-order valence-electron chi connectivity index (χ0n) is 16.9. The summed E-state index contributed by atoms with van der Waals surface area (Å²) in [6.07, 6.45) is 3.62. The fourth-order valence-electron chi connectivity index (χ4n) is 3.12. The van der Waals surface area contributed by atoms with Crippen LogP contribution in [0.3, 0.4) is 0 Å². The lowest BCUT2D eigenvalue weighted by Crippen LogP contribution is -2.21. The first-order chi connectivity index (χ1) is 15.0. The maximum atomic E-state index is 12.7. The Kier molecular flexibility index (Phi) is 6.50. The molecule has 0 aliphatic rings. The SMILES string of the molecule is CCn1c(SC)nc2nn(SCc3ccc(C(=O)c4ccc(Cl)cc4)cc3)cc2c1=O. The average Bonchev–Trinajstić information content (AvgIpc) is 3.21. The number of carbonyl (C=O) groups is 1. The molecule has 0 spiro atoms. The molecule has 0 N–H and O–H groups in total. The van der Waals surface area contributed by atoms with E-state index in [4.69, 9.17) is 11.6 Å². The third kappa shape index (κ3) is 4.56. The van der Waals surface area contributed by atoms with E-state index in [1.807, 2.05) is 37.4 Å². The van der Waals surface area contributed by atoms with Gasteiger partial charge >= 0.3 is 0 Å². The molecular formula is C22H19ClN4O2S2. The Bertz CT molecular complexity index is 1300. The molecule has 0 bridgehead atoms. The number of halogens is 1. The third-order valence-electron chi connectivity index (χ3n) is 4.77. The number of thioether (sulfide) groups is 1. The van der Waals surface area contributed by atoms with Gasteiger partial charge in [-0.15, -0.1) is 5.10 Å². The fraction of sp³-hybridized carbons (Fsp3) is 0.182. The van der Waals surface area contributed by atoms with Crippen LogP contribution in [0.5, 0.6) is 0 Å². The lowest BCUT2D eigenvalue weighted by Gasteiger charge is -2.05. The predicted molar refractivity (Wildman–Crippen MR) is 127 cm³/mol. The maximum Gasteiger partial charge on any atom is 0.265 e. The van der Waals surface area contributed by atoms with Crippen molar-refractivity contribution in [1.82, 2.24) is 18.7 Å². The van der Waals surface area contributed by atoms with Crippen LogP contribution >= 0.6 is 35.3 Å². The zero-order chi connectivity index (χ0) is 22.0. The molecular weight excluding hydrogens is 452 g/mol. The van der Waals surface area contributed by atoms with E-state index in [1.165, 1.54) is 23.7 Å². The normalized spacial score (nSPS) is 11.2. The molecule has 0 amide bonds. The van der Waals surface area contributed by atoms with Crippen LogP contribution in [0, 0.1) is 0 Å². The van der Waals surface area contributed by atoms with Crippen LogP contribution in [0.2, 0.25) is 5.02 Å². The quantitative estimate of drug-likeness (QED) is 0.217. The number of fused-ring (bicyclic) bond motifs is 1. The predicted octanol–water partition coefficient (Wildman–Crippen LogP) is 4.92. The van der Waals surface area contributed by atoms with Gasteiger partial charge in [-0.25, -0.2) is 9.07 Å². The van der Waals surface area contributed by atoms with Gasteiger partial charge < -0.3 is 0 Å². The molecule has 0 fully saturated rings. The molecule has 0 aliphatic carbocycles. The summed E-state index contributed by atoms with van der Waals surface area (Å²) in [5.41, 5.74) is 2.64. The van der Waals surface area contributed by atoms with Gasteiger partial charge in [0.05, 0.1) is 6.20 Å². The van der Waals surface area contributed by atoms with Gasteiger partial charge in [0.1, 0.15) is 5.39 Å². The van der Waals surface area contributed by atoms with E-state index in [0.29, 0.717) is 44.6 Å². The summed E-state index contributed by atoms with van der Waals surface area (Å²) in [6, 6.07) is 14.3. The summed E-state index contributed by atoms with van der Waals surface area (Å²) in [4.78, 5) is 29.8. The highest BCUT2D eigenvalue weighted by molar-refractivity contribution is 7.98. The van der Waals surface area contributed by atoms with Gasteiger partial charge in [0.15, 0.2) is 16.6 Å². The largest absolute Gasteiger partial charge is 0.289 e. The Morgan fingerprint density at radius 1 is 1.06 bits per heavy atom. The molecule has 2 aromatic carbocycles. The number of rotatable bonds is 7. The Labute approximate surface area is 192 Å². The van der Waals surface area contributed by atoms with Crippen molar-refractivity contribution in [3.8, 4) is 0 Å². The van der Waals surface area contributed by atoms with E-state index >= 15 is 0 Å². The van der Waals surface area contributed by atoms with Crippen molar-refractivity contribution >= 4 is 52.1 Å². The number of carbonyl (C=O) groups excluding carboxylic acids is 1. The van der Waals surface area contributed by atoms with E-state index < -0.39 is 0 Å². The highest BCUT2D eigenvalue weighted by Crippen LogP contribution is 2.20. The van der Waals surface area contributed by atoms with Crippen molar-refractivity contribution in [2.24, 2.45) is 0 Å². The van der Waals surface area contributed by atoms with Crippen molar-refractivity contribution < 1.29 is 4.79 Å². The van der Waals surface area contributed by atoms with Gasteiger partial charge in [0, 0.05) is 28.4 Å². The monoisotopic (exact) mass is 470 g/mol. The van der Waals surface area contributed by atoms with Gasteiger partial charge in [-0.1, -0.05) is 47.6 Å². The summed E-state index contributed by atoms with van der Waals surface area (Å²) < 4.78 is 3.33. The standard InChI is InChI=1S/C22H19ClN4O2S2/c1-3-26-21(29)18-12-27(25-20(18)24-22(26)30-2)31-13-14-4-6-15(7-5-14)19(28)16-8-10-17(23)11-9-16/h4-12H,3,13H2,1-2H3. The highest BCUT2D eigenvalue weighted by atomic mass is 35.5. The number of nitrogens with zero attached hydrogens (tertiary/aromatic N) is 4. The summed E-state index contributed by atoms with van der Waals surface area (Å²) >= 11 is 8.78. The van der Waals surface area contributed by atoms with Crippen molar-refractivity contribution in [2.75, 3.05) is 6.26 Å². The Balaban J connectivity index is 1.48. The summed E-state index contributed by atoms with van der Waals surface area (Å²) in [6.45, 7) is 2.49. The average molecular weight is 471 g/mol. The van der Waals surface area contributed by atoms with Crippen LogP contribution in [0.1, 0.15) is 28.4 Å². The number of hydrogen-bond acceptors (Lipinski definition) is 6. The van der Waals surface area contributed by atoms with Crippen LogP contribution < -0.4 is 5.56 Å². The Morgan fingerprint density at radius 2 is 1.71 bits per heavy atom. The molecule has 0 saturated carbocycles. The first kappa shape index (κ1) is 21.7. The molecule has 4 rings (SSSR count). The van der Waals surface area contributed by atoms with Gasteiger partial charge in [-0.2, -0.15) is 0 Å². The second-order valence-corrected chi connectivity index (χ2v) is 8.85.